The lowest BCUT2D eigenvalue weighted by Gasteiger charge is -2.26. The van der Waals surface area contributed by atoms with Crippen LogP contribution in [-0.2, 0) is 13.0 Å². The predicted octanol–water partition coefficient (Wildman–Crippen LogP) is 4.55. The summed E-state index contributed by atoms with van der Waals surface area (Å²) in [7, 11) is 0. The lowest BCUT2D eigenvalue weighted by Crippen LogP contribution is -2.30. The van der Waals surface area contributed by atoms with Crippen LogP contribution in [-0.4, -0.2) is 28.9 Å². The third-order valence-corrected chi connectivity index (χ3v) is 6.59. The molecule has 1 aliphatic rings. The number of halogens is 3. The molecule has 0 bridgehead atoms. The van der Waals surface area contributed by atoms with E-state index < -0.39 is 17.5 Å². The number of benzene rings is 1. The average molecular weight is 467 g/mol. The number of hydrogen-bond donors (Lipinski definition) is 2. The van der Waals surface area contributed by atoms with Gasteiger partial charge in [0.2, 0.25) is 0 Å². The molecule has 3 N–H and O–H groups in total. The van der Waals surface area contributed by atoms with Crippen molar-refractivity contribution in [2.24, 2.45) is 0 Å². The predicted molar refractivity (Wildman–Crippen MR) is 111 cm³/mol. The monoisotopic (exact) mass is 466 g/mol. The Morgan fingerprint density at radius 3 is 2.89 bits per heavy atom. The minimum absolute atomic E-state index is 0.117. The fourth-order valence-electron chi connectivity index (χ4n) is 3.33. The maximum atomic E-state index is 14.0. The Morgan fingerprint density at radius 2 is 2.18 bits per heavy atom. The number of rotatable bonds is 3. The molecule has 0 fully saturated rings. The third-order valence-electron chi connectivity index (χ3n) is 4.85. The number of nitrogens with one attached hydrogen (secondary N) is 1. The van der Waals surface area contributed by atoms with Gasteiger partial charge in [0, 0.05) is 41.1 Å². The summed E-state index contributed by atoms with van der Waals surface area (Å²) >= 11 is 4.24. The Labute approximate surface area is 172 Å². The van der Waals surface area contributed by atoms with Crippen molar-refractivity contribution in [3.8, 4) is 0 Å². The average Bonchev–Trinajstić information content (AvgIpc) is 2.98. The molecule has 0 spiro atoms. The van der Waals surface area contributed by atoms with Gasteiger partial charge >= 0.3 is 0 Å². The van der Waals surface area contributed by atoms with Gasteiger partial charge in [-0.3, -0.25) is 9.69 Å². The Balaban J connectivity index is 1.70. The summed E-state index contributed by atoms with van der Waals surface area (Å²) in [5.41, 5.74) is 8.55. The molecule has 28 heavy (non-hydrogen) atoms. The second-order valence-corrected chi connectivity index (χ2v) is 8.46. The van der Waals surface area contributed by atoms with Crippen molar-refractivity contribution < 1.29 is 13.6 Å². The second kappa shape index (κ2) is 7.38. The minimum atomic E-state index is -0.867. The number of amides is 1. The number of pyridine rings is 1. The summed E-state index contributed by atoms with van der Waals surface area (Å²) in [6.45, 7) is 4.83. The van der Waals surface area contributed by atoms with Crippen LogP contribution in [0.3, 0.4) is 0 Å². The van der Waals surface area contributed by atoms with Crippen molar-refractivity contribution in [2.45, 2.75) is 19.9 Å². The summed E-state index contributed by atoms with van der Waals surface area (Å²) in [6.07, 6.45) is 0.853. The minimum Gasteiger partial charge on any atom is -0.397 e. The van der Waals surface area contributed by atoms with Gasteiger partial charge in [-0.25, -0.2) is 13.8 Å². The lowest BCUT2D eigenvalue weighted by atomic mass is 10.0. The number of fused-ring (bicyclic) bond motifs is 2. The largest absolute Gasteiger partial charge is 0.397 e. The summed E-state index contributed by atoms with van der Waals surface area (Å²) in [5.74, 6) is -2.16. The van der Waals surface area contributed by atoms with E-state index in [2.05, 4.69) is 33.1 Å². The Kier molecular flexibility index (Phi) is 5.07. The zero-order chi connectivity index (χ0) is 20.0. The first-order valence-corrected chi connectivity index (χ1v) is 10.4. The number of carbonyl (C=O) groups is 1. The van der Waals surface area contributed by atoms with Gasteiger partial charge in [0.05, 0.1) is 11.4 Å². The van der Waals surface area contributed by atoms with Crippen LogP contribution < -0.4 is 11.1 Å². The molecule has 146 valence electrons. The fourth-order valence-corrected chi connectivity index (χ4v) is 4.83. The van der Waals surface area contributed by atoms with Crippen LogP contribution in [0.4, 0.5) is 20.2 Å². The topological polar surface area (TPSA) is 71.2 Å². The molecule has 3 aromatic rings. The number of carbonyl (C=O) groups excluding carboxylic acids is 1. The van der Waals surface area contributed by atoms with Gasteiger partial charge in [0.25, 0.3) is 5.91 Å². The molecule has 0 atom stereocenters. The lowest BCUT2D eigenvalue weighted by molar-refractivity contribution is 0.103. The highest BCUT2D eigenvalue weighted by Gasteiger charge is 2.23. The van der Waals surface area contributed by atoms with Crippen molar-refractivity contribution in [2.75, 3.05) is 24.1 Å². The second-order valence-electron chi connectivity index (χ2n) is 6.61. The number of nitrogen functional groups attached to an aromatic ring is 1. The standard InChI is InChI=1S/C19H17BrF2N4OS/c1-2-26-4-3-14-9(8-26)5-11-15(23)17(28-19(11)24-14)18(27)25-16-12(20)6-10(21)7-13(16)22/h5-7H,2-4,8,23H2,1H3,(H,25,27). The van der Waals surface area contributed by atoms with Gasteiger partial charge in [-0.15, -0.1) is 11.3 Å². The van der Waals surface area contributed by atoms with Crippen LogP contribution in [0, 0.1) is 11.6 Å². The van der Waals surface area contributed by atoms with E-state index in [4.69, 9.17) is 10.7 Å². The first-order valence-electron chi connectivity index (χ1n) is 8.76. The van der Waals surface area contributed by atoms with Crippen molar-refractivity contribution in [1.29, 1.82) is 0 Å². The summed E-state index contributed by atoms with van der Waals surface area (Å²) in [5, 5.41) is 3.20. The Hall–Kier alpha value is -2.10. The van der Waals surface area contributed by atoms with E-state index in [1.54, 1.807) is 0 Å². The van der Waals surface area contributed by atoms with Crippen molar-refractivity contribution >= 4 is 54.8 Å². The van der Waals surface area contributed by atoms with Crippen LogP contribution >= 0.6 is 27.3 Å². The SMILES string of the molecule is CCN1CCc2nc3sc(C(=O)Nc4c(F)cc(F)cc4Br)c(N)c3cc2C1. The molecular weight excluding hydrogens is 450 g/mol. The molecule has 0 saturated heterocycles. The highest BCUT2D eigenvalue weighted by Crippen LogP contribution is 2.36. The van der Waals surface area contributed by atoms with Crippen molar-refractivity contribution in [1.82, 2.24) is 9.88 Å². The van der Waals surface area contributed by atoms with Crippen LogP contribution in [0.15, 0.2) is 22.7 Å². The smallest absolute Gasteiger partial charge is 0.268 e. The quantitative estimate of drug-likeness (QED) is 0.593. The maximum Gasteiger partial charge on any atom is 0.268 e. The fraction of sp³-hybridized carbons (Fsp3) is 0.263. The van der Waals surface area contributed by atoms with Crippen LogP contribution in [0.2, 0.25) is 0 Å². The molecule has 0 unspecified atom stereocenters. The number of hydrogen-bond acceptors (Lipinski definition) is 5. The molecule has 0 aliphatic carbocycles. The molecule has 3 heterocycles. The molecule has 1 aliphatic heterocycles. The van der Waals surface area contributed by atoms with Crippen molar-refractivity contribution in [3.05, 3.63) is 50.4 Å². The molecule has 2 aromatic heterocycles. The molecular formula is C19H17BrF2N4OS. The van der Waals surface area contributed by atoms with Crippen LogP contribution in [0.5, 0.6) is 0 Å². The zero-order valence-corrected chi connectivity index (χ0v) is 17.4. The van der Waals surface area contributed by atoms with E-state index in [-0.39, 0.29) is 15.0 Å². The summed E-state index contributed by atoms with van der Waals surface area (Å²) < 4.78 is 27.4. The number of aromatic nitrogens is 1. The number of nitrogens with two attached hydrogens (primary N) is 1. The third kappa shape index (κ3) is 3.38. The van der Waals surface area contributed by atoms with Gasteiger partial charge in [0.1, 0.15) is 15.5 Å². The first-order chi connectivity index (χ1) is 13.4. The summed E-state index contributed by atoms with van der Waals surface area (Å²) in [6, 6.07) is 3.79. The Bertz CT molecular complexity index is 1080. The van der Waals surface area contributed by atoms with E-state index >= 15 is 0 Å². The van der Waals surface area contributed by atoms with E-state index in [9.17, 15) is 13.6 Å². The highest BCUT2D eigenvalue weighted by molar-refractivity contribution is 9.10. The molecule has 5 nitrogen and oxygen atoms in total. The Morgan fingerprint density at radius 1 is 1.39 bits per heavy atom. The van der Waals surface area contributed by atoms with E-state index in [0.717, 1.165) is 48.8 Å². The molecule has 1 aromatic carbocycles. The normalized spacial score (nSPS) is 14.3. The first kappa shape index (κ1) is 19.2. The number of thiophene rings is 1. The summed E-state index contributed by atoms with van der Waals surface area (Å²) in [4.78, 5) is 20.7. The molecule has 4 rings (SSSR count). The maximum absolute atomic E-state index is 14.0. The van der Waals surface area contributed by atoms with E-state index in [1.807, 2.05) is 6.07 Å². The highest BCUT2D eigenvalue weighted by atomic mass is 79.9. The molecule has 0 saturated carbocycles. The van der Waals surface area contributed by atoms with E-state index in [0.29, 0.717) is 16.6 Å². The van der Waals surface area contributed by atoms with Crippen LogP contribution in [0.1, 0.15) is 27.9 Å². The molecule has 0 radical (unpaired) electrons. The zero-order valence-electron chi connectivity index (χ0n) is 15.0. The van der Waals surface area contributed by atoms with Gasteiger partial charge in [-0.2, -0.15) is 0 Å². The number of nitrogens with zero attached hydrogens (tertiary/aromatic N) is 2. The van der Waals surface area contributed by atoms with Crippen molar-refractivity contribution in [3.63, 3.8) is 0 Å². The van der Waals surface area contributed by atoms with Gasteiger partial charge in [-0.05, 0) is 40.2 Å². The molecule has 9 heteroatoms. The van der Waals surface area contributed by atoms with Crippen LogP contribution in [0.25, 0.3) is 10.2 Å². The number of anilines is 2. The van der Waals surface area contributed by atoms with E-state index in [1.165, 1.54) is 11.3 Å². The van der Waals surface area contributed by atoms with Gasteiger partial charge in [-0.1, -0.05) is 6.92 Å². The molecule has 1 amide bonds. The van der Waals surface area contributed by atoms with Gasteiger partial charge in [0.15, 0.2) is 5.82 Å². The number of likely N-dealkylation sites (N-methyl/N-ethyl adjacent to an activating group) is 1. The van der Waals surface area contributed by atoms with Gasteiger partial charge < -0.3 is 11.1 Å².